The van der Waals surface area contributed by atoms with Gasteiger partial charge in [0.1, 0.15) is 11.5 Å². The highest BCUT2D eigenvalue weighted by atomic mass is 35.5. The molecular formula is C16H13ClO3. The maximum absolute atomic E-state index is 10.6. The number of carboxylic acid groups (broad SMARTS) is 1. The smallest absolute Gasteiger partial charge is 0.328 e. The fourth-order valence-electron chi connectivity index (χ4n) is 1.71. The predicted molar refractivity (Wildman–Crippen MR) is 79.4 cm³/mol. The molecule has 0 saturated heterocycles. The molecule has 2 aromatic rings. The molecule has 0 aliphatic rings. The van der Waals surface area contributed by atoms with Crippen LogP contribution in [-0.2, 0) is 4.79 Å². The van der Waals surface area contributed by atoms with Crippen LogP contribution in [0.2, 0.25) is 5.02 Å². The van der Waals surface area contributed by atoms with Crippen molar-refractivity contribution in [2.24, 2.45) is 0 Å². The van der Waals surface area contributed by atoms with Gasteiger partial charge in [-0.05, 0) is 48.9 Å². The van der Waals surface area contributed by atoms with E-state index in [9.17, 15) is 4.79 Å². The highest BCUT2D eigenvalue weighted by molar-refractivity contribution is 6.30. The first kappa shape index (κ1) is 14.2. The van der Waals surface area contributed by atoms with Crippen molar-refractivity contribution in [3.05, 3.63) is 64.7 Å². The number of hydrogen-bond acceptors (Lipinski definition) is 2. The van der Waals surface area contributed by atoms with Crippen molar-refractivity contribution in [1.82, 2.24) is 0 Å². The fourth-order valence-corrected chi connectivity index (χ4v) is 1.89. The van der Waals surface area contributed by atoms with Gasteiger partial charge in [0.15, 0.2) is 0 Å². The zero-order valence-corrected chi connectivity index (χ0v) is 11.6. The van der Waals surface area contributed by atoms with Gasteiger partial charge >= 0.3 is 5.97 Å². The van der Waals surface area contributed by atoms with Crippen molar-refractivity contribution in [3.63, 3.8) is 0 Å². The highest BCUT2D eigenvalue weighted by Crippen LogP contribution is 2.29. The van der Waals surface area contributed by atoms with Crippen LogP contribution in [0.5, 0.6) is 11.5 Å². The summed E-state index contributed by atoms with van der Waals surface area (Å²) in [6.45, 7) is 1.97. The van der Waals surface area contributed by atoms with E-state index < -0.39 is 5.97 Å². The predicted octanol–water partition coefficient (Wildman–Crippen LogP) is 4.54. The maximum Gasteiger partial charge on any atom is 0.328 e. The number of carboxylic acids is 1. The lowest BCUT2D eigenvalue weighted by molar-refractivity contribution is -0.131. The molecule has 0 fully saturated rings. The van der Waals surface area contributed by atoms with Gasteiger partial charge in [-0.25, -0.2) is 4.79 Å². The number of rotatable bonds is 4. The lowest BCUT2D eigenvalue weighted by Crippen LogP contribution is -1.90. The Balaban J connectivity index is 2.33. The van der Waals surface area contributed by atoms with Crippen LogP contribution in [0.3, 0.4) is 0 Å². The van der Waals surface area contributed by atoms with E-state index in [-0.39, 0.29) is 0 Å². The second kappa shape index (κ2) is 6.26. The normalized spacial score (nSPS) is 10.7. The molecule has 0 amide bonds. The van der Waals surface area contributed by atoms with Crippen LogP contribution in [0, 0.1) is 6.92 Å². The molecule has 0 radical (unpaired) electrons. The van der Waals surface area contributed by atoms with E-state index in [2.05, 4.69) is 0 Å². The molecule has 0 aliphatic carbocycles. The van der Waals surface area contributed by atoms with Gasteiger partial charge in [0.05, 0.1) is 0 Å². The Hall–Kier alpha value is -2.26. The van der Waals surface area contributed by atoms with Crippen molar-refractivity contribution in [2.75, 3.05) is 0 Å². The van der Waals surface area contributed by atoms with Crippen LogP contribution in [0.15, 0.2) is 48.5 Å². The van der Waals surface area contributed by atoms with Crippen LogP contribution in [0.1, 0.15) is 11.1 Å². The molecule has 0 unspecified atom stereocenters. The largest absolute Gasteiger partial charge is 0.478 e. The zero-order valence-electron chi connectivity index (χ0n) is 10.8. The fraction of sp³-hybridized carbons (Fsp3) is 0.0625. The Morgan fingerprint density at radius 3 is 2.75 bits per heavy atom. The molecule has 0 heterocycles. The highest BCUT2D eigenvalue weighted by Gasteiger charge is 2.04. The Morgan fingerprint density at radius 1 is 1.25 bits per heavy atom. The molecule has 0 atom stereocenters. The SMILES string of the molecule is Cc1cccc(Oc2ccc(Cl)cc2/C=C/C(=O)O)c1. The van der Waals surface area contributed by atoms with E-state index in [0.29, 0.717) is 22.1 Å². The lowest BCUT2D eigenvalue weighted by atomic mass is 10.2. The summed E-state index contributed by atoms with van der Waals surface area (Å²) >= 11 is 5.92. The molecule has 102 valence electrons. The van der Waals surface area contributed by atoms with Crippen molar-refractivity contribution in [3.8, 4) is 11.5 Å². The topological polar surface area (TPSA) is 46.5 Å². The summed E-state index contributed by atoms with van der Waals surface area (Å²) < 4.78 is 5.77. The Labute approximate surface area is 122 Å². The summed E-state index contributed by atoms with van der Waals surface area (Å²) in [5.74, 6) is 0.223. The third-order valence-electron chi connectivity index (χ3n) is 2.59. The van der Waals surface area contributed by atoms with Gasteiger partial charge < -0.3 is 9.84 Å². The molecule has 2 rings (SSSR count). The number of halogens is 1. The van der Waals surface area contributed by atoms with Gasteiger partial charge in [0.25, 0.3) is 0 Å². The maximum atomic E-state index is 10.6. The summed E-state index contributed by atoms with van der Waals surface area (Å²) in [6, 6.07) is 12.7. The van der Waals surface area contributed by atoms with Crippen molar-refractivity contribution in [1.29, 1.82) is 0 Å². The minimum atomic E-state index is -1.02. The number of aryl methyl sites for hydroxylation is 1. The Kier molecular flexibility index (Phi) is 4.43. The number of aliphatic carboxylic acids is 1. The summed E-state index contributed by atoms with van der Waals surface area (Å²) in [7, 11) is 0. The molecule has 0 aliphatic heterocycles. The third-order valence-corrected chi connectivity index (χ3v) is 2.83. The summed E-state index contributed by atoms with van der Waals surface area (Å²) in [4.78, 5) is 10.6. The van der Waals surface area contributed by atoms with E-state index in [1.54, 1.807) is 18.2 Å². The first-order valence-corrected chi connectivity index (χ1v) is 6.37. The summed E-state index contributed by atoms with van der Waals surface area (Å²) in [6.07, 6.45) is 2.51. The monoisotopic (exact) mass is 288 g/mol. The molecule has 20 heavy (non-hydrogen) atoms. The first-order valence-electron chi connectivity index (χ1n) is 6.00. The number of hydrogen-bond donors (Lipinski definition) is 1. The second-order valence-corrected chi connectivity index (χ2v) is 4.71. The van der Waals surface area contributed by atoms with Gasteiger partial charge in [0.2, 0.25) is 0 Å². The minimum absolute atomic E-state index is 0.520. The van der Waals surface area contributed by atoms with Gasteiger partial charge in [0, 0.05) is 16.7 Å². The lowest BCUT2D eigenvalue weighted by Gasteiger charge is -2.09. The molecule has 1 N–H and O–H groups in total. The molecule has 0 bridgehead atoms. The molecule has 0 spiro atoms. The molecule has 0 aromatic heterocycles. The van der Waals surface area contributed by atoms with Crippen LogP contribution in [0.25, 0.3) is 6.08 Å². The minimum Gasteiger partial charge on any atom is -0.478 e. The molecule has 2 aromatic carbocycles. The molecule has 4 heteroatoms. The van der Waals surface area contributed by atoms with Crippen LogP contribution in [0.4, 0.5) is 0 Å². The standard InChI is InChI=1S/C16H13ClO3/c1-11-3-2-4-14(9-11)20-15-7-6-13(17)10-12(15)5-8-16(18)19/h2-10H,1H3,(H,18,19)/b8-5+. The first-order chi connectivity index (χ1) is 9.54. The Bertz CT molecular complexity index is 663. The zero-order chi connectivity index (χ0) is 14.5. The van der Waals surface area contributed by atoms with Crippen molar-refractivity contribution in [2.45, 2.75) is 6.92 Å². The summed E-state index contributed by atoms with van der Waals surface area (Å²) in [5.41, 5.74) is 1.69. The molecule has 3 nitrogen and oxygen atoms in total. The molecular weight excluding hydrogens is 276 g/mol. The van der Waals surface area contributed by atoms with Gasteiger partial charge in [-0.1, -0.05) is 23.7 Å². The van der Waals surface area contributed by atoms with Crippen molar-refractivity contribution >= 4 is 23.6 Å². The number of carbonyl (C=O) groups is 1. The Morgan fingerprint density at radius 2 is 2.05 bits per heavy atom. The van der Waals surface area contributed by atoms with E-state index in [0.717, 1.165) is 11.6 Å². The quantitative estimate of drug-likeness (QED) is 0.840. The second-order valence-electron chi connectivity index (χ2n) is 4.27. The van der Waals surface area contributed by atoms with Crippen LogP contribution < -0.4 is 4.74 Å². The van der Waals surface area contributed by atoms with E-state index in [1.165, 1.54) is 6.08 Å². The van der Waals surface area contributed by atoms with E-state index >= 15 is 0 Å². The van der Waals surface area contributed by atoms with Gasteiger partial charge in [-0.2, -0.15) is 0 Å². The average Bonchev–Trinajstić information content (AvgIpc) is 2.39. The van der Waals surface area contributed by atoms with Gasteiger partial charge in [-0.3, -0.25) is 0 Å². The van der Waals surface area contributed by atoms with E-state index in [1.807, 2.05) is 31.2 Å². The summed E-state index contributed by atoms with van der Waals surface area (Å²) in [5, 5.41) is 9.22. The average molecular weight is 289 g/mol. The van der Waals surface area contributed by atoms with Gasteiger partial charge in [-0.15, -0.1) is 0 Å². The third kappa shape index (κ3) is 3.87. The van der Waals surface area contributed by atoms with Crippen LogP contribution in [-0.4, -0.2) is 11.1 Å². The molecule has 0 saturated carbocycles. The number of benzene rings is 2. The van der Waals surface area contributed by atoms with Crippen LogP contribution >= 0.6 is 11.6 Å². The van der Waals surface area contributed by atoms with Crippen molar-refractivity contribution < 1.29 is 14.6 Å². The van der Waals surface area contributed by atoms with E-state index in [4.69, 9.17) is 21.4 Å². The number of ether oxygens (including phenoxy) is 1.